The Morgan fingerprint density at radius 2 is 1.72 bits per heavy atom. The van der Waals surface area contributed by atoms with Crippen LogP contribution in [-0.2, 0) is 24.0 Å². The Bertz CT molecular complexity index is 1100. The molecule has 0 aromatic heterocycles. The predicted molar refractivity (Wildman–Crippen MR) is 101 cm³/mol. The minimum Gasteiger partial charge on any atom is -0.452 e. The second-order valence-electron chi connectivity index (χ2n) is 5.76. The van der Waals surface area contributed by atoms with Crippen LogP contribution in [0.2, 0.25) is 0 Å². The van der Waals surface area contributed by atoms with Crippen molar-refractivity contribution in [3.63, 3.8) is 0 Å². The number of imide groups is 1. The second-order valence-corrected chi connectivity index (χ2v) is 5.76. The van der Waals surface area contributed by atoms with Crippen molar-refractivity contribution in [2.75, 3.05) is 11.7 Å². The van der Waals surface area contributed by atoms with Crippen molar-refractivity contribution < 1.29 is 33.5 Å². The van der Waals surface area contributed by atoms with Crippen molar-refractivity contribution in [2.45, 2.75) is 0 Å². The third-order valence-corrected chi connectivity index (χ3v) is 4.02. The zero-order chi connectivity index (χ0) is 21.1. The lowest BCUT2D eigenvalue weighted by atomic mass is 9.94. The largest absolute Gasteiger partial charge is 0.452 e. The lowest BCUT2D eigenvalue weighted by molar-refractivity contribution is -0.150. The summed E-state index contributed by atoms with van der Waals surface area (Å²) in [7, 11) is 0. The molecule has 1 aliphatic heterocycles. The van der Waals surface area contributed by atoms with Gasteiger partial charge in [0.15, 0.2) is 6.61 Å². The predicted octanol–water partition coefficient (Wildman–Crippen LogP) is 1.43. The molecule has 0 radical (unpaired) electrons. The van der Waals surface area contributed by atoms with Gasteiger partial charge in [0.25, 0.3) is 17.7 Å². The van der Waals surface area contributed by atoms with Gasteiger partial charge >= 0.3 is 11.9 Å². The summed E-state index contributed by atoms with van der Waals surface area (Å²) in [5, 5.41) is 3.58. The number of rotatable bonds is 5. The van der Waals surface area contributed by atoms with Gasteiger partial charge in [-0.2, -0.15) is 0 Å². The molecule has 0 fully saturated rings. The number of ether oxygens (including phenoxy) is 1. The van der Waals surface area contributed by atoms with Crippen molar-refractivity contribution in [2.24, 2.45) is 0 Å². The van der Waals surface area contributed by atoms with Crippen LogP contribution in [0.4, 0.5) is 5.69 Å². The number of anilines is 1. The van der Waals surface area contributed by atoms with Crippen molar-refractivity contribution in [1.29, 1.82) is 0 Å². The molecule has 0 unspecified atom stereocenters. The fourth-order valence-corrected chi connectivity index (χ4v) is 2.80. The van der Waals surface area contributed by atoms with E-state index in [4.69, 9.17) is 9.57 Å². The molecule has 3 amide bonds. The Balaban J connectivity index is 2.15. The van der Waals surface area contributed by atoms with E-state index in [1.165, 1.54) is 12.1 Å². The molecule has 146 valence electrons. The molecule has 1 N–H and O–H groups in total. The molecule has 0 saturated heterocycles. The van der Waals surface area contributed by atoms with E-state index < -0.39 is 36.3 Å². The summed E-state index contributed by atoms with van der Waals surface area (Å²) in [5.41, 5.74) is 0.0715. The Labute approximate surface area is 164 Å². The van der Waals surface area contributed by atoms with Crippen molar-refractivity contribution >= 4 is 46.1 Å². The molecule has 0 spiro atoms. The number of hydroxylamine groups is 1. The fourth-order valence-electron chi connectivity index (χ4n) is 2.80. The van der Waals surface area contributed by atoms with E-state index >= 15 is 0 Å². The normalized spacial score (nSPS) is 12.0. The van der Waals surface area contributed by atoms with Crippen LogP contribution in [0.3, 0.4) is 0 Å². The summed E-state index contributed by atoms with van der Waals surface area (Å²) >= 11 is 0. The van der Waals surface area contributed by atoms with E-state index in [0.29, 0.717) is 15.8 Å². The maximum atomic E-state index is 12.6. The minimum atomic E-state index is -0.985. The molecule has 1 aliphatic rings. The lowest BCUT2D eigenvalue weighted by Gasteiger charge is -2.25. The minimum absolute atomic E-state index is 0.0436. The lowest BCUT2D eigenvalue weighted by Crippen LogP contribution is -2.40. The van der Waals surface area contributed by atoms with Crippen LogP contribution in [0, 0.1) is 0 Å². The topological polar surface area (TPSA) is 119 Å². The number of carbonyl (C=O) groups is 5. The summed E-state index contributed by atoms with van der Waals surface area (Å²) in [6, 6.07) is 7.78. The molecule has 2 aromatic carbocycles. The summed E-state index contributed by atoms with van der Waals surface area (Å²) < 4.78 is 4.69. The van der Waals surface area contributed by atoms with Crippen LogP contribution in [0.1, 0.15) is 20.7 Å². The van der Waals surface area contributed by atoms with Gasteiger partial charge in [-0.3, -0.25) is 19.7 Å². The van der Waals surface area contributed by atoms with Crippen LogP contribution in [0.15, 0.2) is 55.6 Å². The highest BCUT2D eigenvalue weighted by Gasteiger charge is 2.32. The second kappa shape index (κ2) is 7.77. The quantitative estimate of drug-likeness (QED) is 0.353. The molecule has 9 heteroatoms. The standard InChI is InChI=1S/C20H14N2O7/c1-3-15(24)28-10-14(23)22(29-16(25)4-2)13-9-8-11-6-5-7-12-17(11)18(13)20(27)21-19(12)26/h3-9H,1-2,10H2,(H,21,26,27). The van der Waals surface area contributed by atoms with Gasteiger partial charge in [-0.05, 0) is 17.5 Å². The molecule has 0 saturated carbocycles. The summed E-state index contributed by atoms with van der Waals surface area (Å²) in [4.78, 5) is 65.3. The van der Waals surface area contributed by atoms with Crippen molar-refractivity contribution in [3.8, 4) is 0 Å². The third-order valence-electron chi connectivity index (χ3n) is 4.02. The first-order valence-electron chi connectivity index (χ1n) is 8.25. The van der Waals surface area contributed by atoms with Crippen LogP contribution < -0.4 is 10.4 Å². The number of esters is 1. The number of nitrogens with zero attached hydrogens (tertiary/aromatic N) is 1. The average Bonchev–Trinajstić information content (AvgIpc) is 2.73. The maximum Gasteiger partial charge on any atom is 0.356 e. The molecule has 0 aliphatic carbocycles. The molecule has 9 nitrogen and oxygen atoms in total. The van der Waals surface area contributed by atoms with Crippen molar-refractivity contribution in [3.05, 3.63) is 66.8 Å². The zero-order valence-corrected chi connectivity index (χ0v) is 15.0. The summed E-state index contributed by atoms with van der Waals surface area (Å²) in [6.07, 6.45) is 1.68. The first-order chi connectivity index (χ1) is 13.9. The zero-order valence-electron chi connectivity index (χ0n) is 15.0. The summed E-state index contributed by atoms with van der Waals surface area (Å²) in [6.45, 7) is 5.70. The Hall–Kier alpha value is -4.27. The number of carbonyl (C=O) groups excluding carboxylic acids is 5. The Kier molecular flexibility index (Phi) is 5.22. The Morgan fingerprint density at radius 3 is 2.41 bits per heavy atom. The van der Waals surface area contributed by atoms with Gasteiger partial charge in [-0.15, -0.1) is 5.06 Å². The van der Waals surface area contributed by atoms with Gasteiger partial charge in [-0.25, -0.2) is 9.59 Å². The van der Waals surface area contributed by atoms with Gasteiger partial charge < -0.3 is 9.57 Å². The number of nitrogens with one attached hydrogen (secondary N) is 1. The van der Waals surface area contributed by atoms with E-state index in [1.807, 2.05) is 0 Å². The number of benzene rings is 2. The average molecular weight is 394 g/mol. The SMILES string of the molecule is C=CC(=O)OCC(=O)N(OC(=O)C=C)c1ccc2cccc3c2c1C(=O)NC3=O. The molecule has 2 aromatic rings. The van der Waals surface area contributed by atoms with E-state index in [-0.39, 0.29) is 16.8 Å². The molecule has 3 rings (SSSR count). The van der Waals surface area contributed by atoms with Gasteiger partial charge in [-0.1, -0.05) is 31.4 Å². The number of amides is 3. The highest BCUT2D eigenvalue weighted by atomic mass is 16.7. The van der Waals surface area contributed by atoms with Crippen LogP contribution in [-0.4, -0.2) is 36.3 Å². The van der Waals surface area contributed by atoms with Crippen molar-refractivity contribution in [1.82, 2.24) is 5.32 Å². The Morgan fingerprint density at radius 1 is 1.00 bits per heavy atom. The number of hydrogen-bond acceptors (Lipinski definition) is 7. The summed E-state index contributed by atoms with van der Waals surface area (Å²) in [5.74, 6) is -4.16. The van der Waals surface area contributed by atoms with E-state index in [1.54, 1.807) is 18.2 Å². The molecule has 0 bridgehead atoms. The highest BCUT2D eigenvalue weighted by Crippen LogP contribution is 2.34. The smallest absolute Gasteiger partial charge is 0.356 e. The van der Waals surface area contributed by atoms with E-state index in [0.717, 1.165) is 12.2 Å². The molecule has 0 atom stereocenters. The first-order valence-corrected chi connectivity index (χ1v) is 8.25. The number of hydrogen-bond donors (Lipinski definition) is 1. The van der Waals surface area contributed by atoms with Crippen LogP contribution in [0.5, 0.6) is 0 Å². The van der Waals surface area contributed by atoms with E-state index in [9.17, 15) is 24.0 Å². The molecular weight excluding hydrogens is 380 g/mol. The van der Waals surface area contributed by atoms with E-state index in [2.05, 4.69) is 18.5 Å². The monoisotopic (exact) mass is 394 g/mol. The fraction of sp³-hybridized carbons (Fsp3) is 0.0500. The maximum absolute atomic E-state index is 12.6. The van der Waals surface area contributed by atoms with Gasteiger partial charge in [0, 0.05) is 23.1 Å². The van der Waals surface area contributed by atoms with Gasteiger partial charge in [0.05, 0.1) is 11.3 Å². The highest BCUT2D eigenvalue weighted by molar-refractivity contribution is 6.28. The van der Waals surface area contributed by atoms with Gasteiger partial charge in [0.1, 0.15) is 0 Å². The van der Waals surface area contributed by atoms with Crippen LogP contribution in [0.25, 0.3) is 10.8 Å². The van der Waals surface area contributed by atoms with Gasteiger partial charge in [0.2, 0.25) is 0 Å². The molecular formula is C20H14N2O7. The third kappa shape index (κ3) is 3.61. The molecule has 29 heavy (non-hydrogen) atoms. The first kappa shape index (κ1) is 19.5. The molecule has 1 heterocycles. The van der Waals surface area contributed by atoms with Crippen LogP contribution >= 0.6 is 0 Å².